The van der Waals surface area contributed by atoms with E-state index in [1.165, 1.54) is 6.92 Å². The Balaban J connectivity index is 0. The summed E-state index contributed by atoms with van der Waals surface area (Å²) in [4.78, 5) is 20.0. The molecule has 1 N–H and O–H groups in total. The largest absolute Gasteiger partial charge is 1.00 e. The predicted octanol–water partition coefficient (Wildman–Crippen LogP) is -3.42. The van der Waals surface area contributed by atoms with Crippen LogP contribution in [0.25, 0.3) is 0 Å². The zero-order valence-corrected chi connectivity index (χ0v) is 7.43. The van der Waals surface area contributed by atoms with Gasteiger partial charge in [0.15, 0.2) is 0 Å². The number of nitrogens with one attached hydrogen (secondary N) is 1. The van der Waals surface area contributed by atoms with E-state index in [1.54, 1.807) is 0 Å². The number of hydrogen-bond donors (Lipinski definition) is 1. The van der Waals surface area contributed by atoms with Crippen molar-refractivity contribution in [2.75, 3.05) is 0 Å². The Morgan fingerprint density at radius 3 is 2.11 bits per heavy atom. The van der Waals surface area contributed by atoms with E-state index in [9.17, 15) is 14.8 Å². The van der Waals surface area contributed by atoms with E-state index in [0.717, 1.165) is 5.48 Å². The second-order valence-electron chi connectivity index (χ2n) is 1.40. The van der Waals surface area contributed by atoms with Crippen LogP contribution in [-0.4, -0.2) is 11.7 Å². The van der Waals surface area contributed by atoms with Crippen molar-refractivity contribution >= 4 is 11.7 Å². The quantitative estimate of drug-likeness (QED) is 0.246. The summed E-state index contributed by atoms with van der Waals surface area (Å²) in [6.07, 6.45) is -0.316. The van der Waals surface area contributed by atoms with Crippen molar-refractivity contribution in [1.29, 1.82) is 0 Å². The van der Waals surface area contributed by atoms with Gasteiger partial charge in [0.25, 0.3) is 0 Å². The molecule has 0 spiro atoms. The smallest absolute Gasteiger partial charge is 0.759 e. The topological polar surface area (TPSA) is 69.2 Å². The summed E-state index contributed by atoms with van der Waals surface area (Å²) in [6, 6.07) is 0. The molecule has 0 saturated carbocycles. The van der Waals surface area contributed by atoms with Gasteiger partial charge >= 0.3 is 29.6 Å². The van der Waals surface area contributed by atoms with E-state index < -0.39 is 5.91 Å². The number of hydrogen-bond acceptors (Lipinski definition) is 3. The van der Waals surface area contributed by atoms with Crippen molar-refractivity contribution in [3.63, 3.8) is 0 Å². The van der Waals surface area contributed by atoms with Crippen molar-refractivity contribution in [1.82, 2.24) is 5.48 Å². The molecule has 1 amide bonds. The Hall–Kier alpha value is 0.1000. The van der Waals surface area contributed by atoms with E-state index in [-0.39, 0.29) is 41.8 Å². The molecule has 0 heterocycles. The van der Waals surface area contributed by atoms with Crippen LogP contribution in [0.3, 0.4) is 0 Å². The van der Waals surface area contributed by atoms with Crippen LogP contribution in [0.4, 0.5) is 0 Å². The van der Waals surface area contributed by atoms with Gasteiger partial charge in [0, 0.05) is 0 Å². The average Bonchev–Trinajstić information content (AvgIpc) is 1.65. The van der Waals surface area contributed by atoms with Gasteiger partial charge in [-0.05, 0) is 6.92 Å². The van der Waals surface area contributed by atoms with Crippen LogP contribution in [0.2, 0.25) is 0 Å². The van der Waals surface area contributed by atoms with Crippen molar-refractivity contribution < 1.29 is 39.1 Å². The van der Waals surface area contributed by atoms with Gasteiger partial charge in [-0.1, -0.05) is 0 Å². The molecule has 0 rings (SSSR count). The van der Waals surface area contributed by atoms with E-state index in [0.29, 0.717) is 0 Å². The fourth-order valence-corrected chi connectivity index (χ4v) is 0.262. The Morgan fingerprint density at radius 2 is 2.00 bits per heavy atom. The molecule has 5 heteroatoms. The van der Waals surface area contributed by atoms with Crippen LogP contribution in [-0.2, 0) is 9.59 Å². The molecule has 0 aliphatic heterocycles. The molecule has 0 aliphatic carbocycles. The van der Waals surface area contributed by atoms with Gasteiger partial charge in [-0.25, -0.2) is 0 Å². The van der Waals surface area contributed by atoms with Crippen LogP contribution in [0, 0.1) is 5.21 Å². The van der Waals surface area contributed by atoms with Crippen molar-refractivity contribution in [3.05, 3.63) is 5.21 Å². The standard InChI is InChI=1S/C4H6NO3.Na/c1-3(6)2-4(7)5-8;/h2H2,1H3,(H-,5,7,8);/q-1;+1. The molecule has 0 aromatic carbocycles. The maximum absolute atomic E-state index is 10.0. The Bertz CT molecular complexity index is 114. The molecule has 9 heavy (non-hydrogen) atoms. The van der Waals surface area contributed by atoms with Gasteiger partial charge in [-0.3, -0.25) is 9.59 Å². The molecule has 4 nitrogen and oxygen atoms in total. The van der Waals surface area contributed by atoms with Gasteiger partial charge in [0.2, 0.25) is 5.91 Å². The second-order valence-corrected chi connectivity index (χ2v) is 1.40. The first kappa shape index (κ1) is 11.8. The van der Waals surface area contributed by atoms with Crippen molar-refractivity contribution in [2.24, 2.45) is 0 Å². The molecule has 46 valence electrons. The van der Waals surface area contributed by atoms with Crippen LogP contribution in [0.1, 0.15) is 13.3 Å². The van der Waals surface area contributed by atoms with Gasteiger partial charge in [0.1, 0.15) is 5.78 Å². The molecule has 0 atom stereocenters. The number of Topliss-reactive ketones (excluding diaryl/α,β-unsaturated/α-hetero) is 1. The number of ketones is 1. The van der Waals surface area contributed by atoms with E-state index in [4.69, 9.17) is 0 Å². The van der Waals surface area contributed by atoms with Crippen LogP contribution >= 0.6 is 0 Å². The summed E-state index contributed by atoms with van der Waals surface area (Å²) in [7, 11) is 0. The molecule has 0 aromatic heterocycles. The van der Waals surface area contributed by atoms with E-state index >= 15 is 0 Å². The summed E-state index contributed by atoms with van der Waals surface area (Å²) < 4.78 is 0. The summed E-state index contributed by atoms with van der Waals surface area (Å²) in [5.74, 6) is -1.09. The number of carbonyl (C=O) groups is 2. The molecule has 0 aliphatic rings. The van der Waals surface area contributed by atoms with Crippen molar-refractivity contribution in [3.8, 4) is 0 Å². The van der Waals surface area contributed by atoms with Crippen LogP contribution < -0.4 is 35.0 Å². The van der Waals surface area contributed by atoms with E-state index in [2.05, 4.69) is 0 Å². The average molecular weight is 139 g/mol. The maximum Gasteiger partial charge on any atom is 1.00 e. The number of carbonyl (C=O) groups excluding carboxylic acids is 2. The summed E-state index contributed by atoms with van der Waals surface area (Å²) in [6.45, 7) is 1.25. The molecule has 0 bridgehead atoms. The SMILES string of the molecule is CC(=O)CC(=O)N[O-].[Na+]. The minimum Gasteiger partial charge on any atom is -0.759 e. The number of amides is 1. The van der Waals surface area contributed by atoms with Gasteiger partial charge in [-0.2, -0.15) is 0 Å². The normalized spacial score (nSPS) is 7.33. The third-order valence-corrected chi connectivity index (χ3v) is 0.523. The molecule has 0 fully saturated rings. The fourth-order valence-electron chi connectivity index (χ4n) is 0.262. The second kappa shape index (κ2) is 6.22. The Kier molecular flexibility index (Phi) is 8.19. The zero-order valence-electron chi connectivity index (χ0n) is 5.43. The van der Waals surface area contributed by atoms with Crippen LogP contribution in [0.15, 0.2) is 0 Å². The predicted molar refractivity (Wildman–Crippen MR) is 26.8 cm³/mol. The third-order valence-electron chi connectivity index (χ3n) is 0.523. The first-order chi connectivity index (χ1) is 3.66. The van der Waals surface area contributed by atoms with Crippen LogP contribution in [0.5, 0.6) is 0 Å². The molecule has 0 unspecified atom stereocenters. The molecular formula is C4H6NNaO3. The molecule has 0 saturated heterocycles. The maximum atomic E-state index is 10.0. The fraction of sp³-hybridized carbons (Fsp3) is 0.500. The number of hydroxylamine groups is 1. The van der Waals surface area contributed by atoms with Gasteiger partial charge in [0.05, 0.1) is 6.42 Å². The van der Waals surface area contributed by atoms with Gasteiger partial charge < -0.3 is 10.7 Å². The first-order valence-electron chi connectivity index (χ1n) is 2.07. The Labute approximate surface area is 74.9 Å². The van der Waals surface area contributed by atoms with Crippen molar-refractivity contribution in [2.45, 2.75) is 13.3 Å². The molecule has 0 aromatic rings. The summed E-state index contributed by atoms with van der Waals surface area (Å²) in [5.41, 5.74) is 1.09. The Morgan fingerprint density at radius 1 is 1.56 bits per heavy atom. The minimum absolute atomic E-state index is 0. The minimum atomic E-state index is -0.780. The molecule has 0 radical (unpaired) electrons. The first-order valence-corrected chi connectivity index (χ1v) is 2.07. The van der Waals surface area contributed by atoms with Gasteiger partial charge in [-0.15, -0.1) is 0 Å². The third kappa shape index (κ3) is 8.10. The number of rotatable bonds is 2. The summed E-state index contributed by atoms with van der Waals surface area (Å²) in [5, 5.41) is 9.41. The monoisotopic (exact) mass is 139 g/mol. The molecular weight excluding hydrogens is 133 g/mol. The summed E-state index contributed by atoms with van der Waals surface area (Å²) >= 11 is 0. The zero-order chi connectivity index (χ0) is 6.57. The van der Waals surface area contributed by atoms with E-state index in [1.807, 2.05) is 0 Å².